The lowest BCUT2D eigenvalue weighted by Crippen LogP contribution is -2.10. The van der Waals surface area contributed by atoms with Gasteiger partial charge in [0, 0.05) is 11.0 Å². The van der Waals surface area contributed by atoms with E-state index < -0.39 is 0 Å². The average molecular weight is 322 g/mol. The first-order valence-electron chi connectivity index (χ1n) is 5.06. The summed E-state index contributed by atoms with van der Waals surface area (Å²) in [5.74, 6) is 0.325. The van der Waals surface area contributed by atoms with Gasteiger partial charge in [-0.2, -0.15) is 0 Å². The van der Waals surface area contributed by atoms with Crippen molar-refractivity contribution >= 4 is 22.6 Å². The second-order valence-corrected chi connectivity index (χ2v) is 4.80. The van der Waals surface area contributed by atoms with E-state index in [2.05, 4.69) is 36.4 Å². The average Bonchev–Trinajstić information content (AvgIpc) is 2.21. The molecular formula is C12H16FIO. The molecule has 84 valence electrons. The van der Waals surface area contributed by atoms with Crippen LogP contribution in [0.4, 0.5) is 4.39 Å². The predicted molar refractivity (Wildman–Crippen MR) is 68.8 cm³/mol. The van der Waals surface area contributed by atoms with Crippen LogP contribution >= 0.6 is 22.6 Å². The van der Waals surface area contributed by atoms with Crippen LogP contribution in [0.3, 0.4) is 0 Å². The monoisotopic (exact) mass is 322 g/mol. The van der Waals surface area contributed by atoms with Crippen LogP contribution in [-0.2, 0) is 4.74 Å². The van der Waals surface area contributed by atoms with Crippen molar-refractivity contribution in [2.45, 2.75) is 20.0 Å². The Labute approximate surface area is 104 Å². The summed E-state index contributed by atoms with van der Waals surface area (Å²) in [6.07, 6.45) is 0.0774. The number of alkyl halides is 1. The molecule has 0 spiro atoms. The van der Waals surface area contributed by atoms with E-state index in [9.17, 15) is 4.39 Å². The van der Waals surface area contributed by atoms with Gasteiger partial charge in [-0.05, 0) is 23.6 Å². The van der Waals surface area contributed by atoms with E-state index in [-0.39, 0.29) is 11.9 Å². The Kier molecular flexibility index (Phi) is 5.53. The van der Waals surface area contributed by atoms with Gasteiger partial charge >= 0.3 is 0 Å². The fourth-order valence-electron chi connectivity index (χ4n) is 1.22. The molecule has 0 aliphatic rings. The zero-order valence-corrected chi connectivity index (χ0v) is 11.2. The summed E-state index contributed by atoms with van der Waals surface area (Å²) in [6, 6.07) is 6.54. The summed E-state index contributed by atoms with van der Waals surface area (Å²) in [5.41, 5.74) is 1.05. The van der Waals surface area contributed by atoms with Gasteiger partial charge in [-0.1, -0.05) is 48.6 Å². The largest absolute Gasteiger partial charge is 0.372 e. The van der Waals surface area contributed by atoms with E-state index in [1.54, 1.807) is 12.1 Å². The van der Waals surface area contributed by atoms with Crippen LogP contribution in [0.1, 0.15) is 25.5 Å². The molecule has 0 radical (unpaired) electrons. The van der Waals surface area contributed by atoms with Crippen LogP contribution in [0.5, 0.6) is 0 Å². The van der Waals surface area contributed by atoms with Crippen molar-refractivity contribution < 1.29 is 9.13 Å². The van der Waals surface area contributed by atoms with Crippen molar-refractivity contribution in [1.29, 1.82) is 0 Å². The van der Waals surface area contributed by atoms with Gasteiger partial charge in [0.1, 0.15) is 5.82 Å². The molecule has 0 fully saturated rings. The molecular weight excluding hydrogens is 306 g/mol. The van der Waals surface area contributed by atoms with Crippen LogP contribution in [0.25, 0.3) is 0 Å². The third-order valence-corrected chi connectivity index (χ3v) is 2.81. The van der Waals surface area contributed by atoms with Crippen molar-refractivity contribution in [3.63, 3.8) is 0 Å². The second kappa shape index (κ2) is 6.43. The van der Waals surface area contributed by atoms with Crippen LogP contribution < -0.4 is 0 Å². The lowest BCUT2D eigenvalue weighted by molar-refractivity contribution is 0.0517. The summed E-state index contributed by atoms with van der Waals surface area (Å²) in [4.78, 5) is 0. The van der Waals surface area contributed by atoms with Crippen molar-refractivity contribution in [3.05, 3.63) is 35.6 Å². The maximum Gasteiger partial charge on any atom is 0.123 e. The van der Waals surface area contributed by atoms with Gasteiger partial charge in [-0.25, -0.2) is 4.39 Å². The van der Waals surface area contributed by atoms with Crippen molar-refractivity contribution in [2.75, 3.05) is 11.0 Å². The zero-order valence-electron chi connectivity index (χ0n) is 9.04. The smallest absolute Gasteiger partial charge is 0.123 e. The Morgan fingerprint density at radius 1 is 1.27 bits per heavy atom. The van der Waals surface area contributed by atoms with Gasteiger partial charge in [-0.3, -0.25) is 0 Å². The maximum atomic E-state index is 12.7. The second-order valence-electron chi connectivity index (χ2n) is 3.92. The molecule has 15 heavy (non-hydrogen) atoms. The summed E-state index contributed by atoms with van der Waals surface area (Å²) in [6.45, 7) is 4.98. The number of halogens is 2. The predicted octanol–water partition coefficient (Wildman–Crippen LogP) is 3.97. The van der Waals surface area contributed by atoms with Crippen LogP contribution in [0.2, 0.25) is 0 Å². The summed E-state index contributed by atoms with van der Waals surface area (Å²) in [5, 5.41) is 0. The van der Waals surface area contributed by atoms with Gasteiger partial charge in [0.15, 0.2) is 0 Å². The number of benzene rings is 1. The molecule has 3 heteroatoms. The Balaban J connectivity index is 2.61. The van der Waals surface area contributed by atoms with Gasteiger partial charge in [0.2, 0.25) is 0 Å². The molecule has 1 unspecified atom stereocenters. The molecule has 0 aliphatic heterocycles. The van der Waals surface area contributed by atoms with E-state index in [1.165, 1.54) is 12.1 Å². The first kappa shape index (κ1) is 12.9. The minimum Gasteiger partial charge on any atom is -0.372 e. The third-order valence-electron chi connectivity index (χ3n) is 2.01. The van der Waals surface area contributed by atoms with E-state index >= 15 is 0 Å². The van der Waals surface area contributed by atoms with Crippen LogP contribution in [-0.4, -0.2) is 11.0 Å². The molecule has 0 N–H and O–H groups in total. The molecule has 1 aromatic rings. The molecule has 0 aromatic heterocycles. The Hall–Kier alpha value is -0.160. The van der Waals surface area contributed by atoms with Gasteiger partial charge in [0.25, 0.3) is 0 Å². The lowest BCUT2D eigenvalue weighted by atomic mass is 10.1. The number of hydrogen-bond donors (Lipinski definition) is 0. The number of ether oxygens (including phenoxy) is 1. The SMILES string of the molecule is CC(C)COC(CI)c1ccc(F)cc1. The molecule has 1 atom stereocenters. The van der Waals surface area contributed by atoms with E-state index in [0.717, 1.165) is 16.6 Å². The van der Waals surface area contributed by atoms with Crippen molar-refractivity contribution in [3.8, 4) is 0 Å². The van der Waals surface area contributed by atoms with Gasteiger partial charge in [0.05, 0.1) is 6.10 Å². The fourth-order valence-corrected chi connectivity index (χ4v) is 1.98. The molecule has 0 saturated carbocycles. The molecule has 0 saturated heterocycles. The van der Waals surface area contributed by atoms with Crippen LogP contribution in [0.15, 0.2) is 24.3 Å². The minimum absolute atomic E-state index is 0.0774. The highest BCUT2D eigenvalue weighted by Gasteiger charge is 2.10. The molecule has 0 heterocycles. The summed E-state index contributed by atoms with van der Waals surface area (Å²) in [7, 11) is 0. The van der Waals surface area contributed by atoms with E-state index in [1.807, 2.05) is 0 Å². The highest BCUT2D eigenvalue weighted by molar-refractivity contribution is 14.1. The maximum absolute atomic E-state index is 12.7. The first-order valence-corrected chi connectivity index (χ1v) is 6.59. The zero-order chi connectivity index (χ0) is 11.3. The van der Waals surface area contributed by atoms with Gasteiger partial charge in [-0.15, -0.1) is 0 Å². The highest BCUT2D eigenvalue weighted by Crippen LogP contribution is 2.21. The Morgan fingerprint density at radius 2 is 1.87 bits per heavy atom. The topological polar surface area (TPSA) is 9.23 Å². The van der Waals surface area contributed by atoms with Crippen molar-refractivity contribution in [1.82, 2.24) is 0 Å². The quantitative estimate of drug-likeness (QED) is 0.589. The van der Waals surface area contributed by atoms with E-state index in [0.29, 0.717) is 5.92 Å². The van der Waals surface area contributed by atoms with Crippen LogP contribution in [0, 0.1) is 11.7 Å². The Bertz CT molecular complexity index is 284. The standard InChI is InChI=1S/C12H16FIO/c1-9(2)8-15-12(7-14)10-3-5-11(13)6-4-10/h3-6,9,12H,7-8H2,1-2H3. The van der Waals surface area contributed by atoms with E-state index in [4.69, 9.17) is 4.74 Å². The highest BCUT2D eigenvalue weighted by atomic mass is 127. The summed E-state index contributed by atoms with van der Waals surface area (Å²) >= 11 is 2.29. The molecule has 1 aromatic carbocycles. The normalized spacial score (nSPS) is 13.1. The number of hydrogen-bond acceptors (Lipinski definition) is 1. The molecule has 0 amide bonds. The Morgan fingerprint density at radius 3 is 2.33 bits per heavy atom. The lowest BCUT2D eigenvalue weighted by Gasteiger charge is -2.17. The molecule has 1 rings (SSSR count). The van der Waals surface area contributed by atoms with Crippen molar-refractivity contribution in [2.24, 2.45) is 5.92 Å². The molecule has 0 aliphatic carbocycles. The van der Waals surface area contributed by atoms with Gasteiger partial charge < -0.3 is 4.74 Å². The summed E-state index contributed by atoms with van der Waals surface area (Å²) < 4.78 is 19.4. The first-order chi connectivity index (χ1) is 7.13. The number of rotatable bonds is 5. The fraction of sp³-hybridized carbons (Fsp3) is 0.500. The third kappa shape index (κ3) is 4.47. The molecule has 0 bridgehead atoms. The molecule has 1 nitrogen and oxygen atoms in total. The minimum atomic E-state index is -0.199.